The molecule has 3 nitrogen and oxygen atoms in total. The maximum Gasteiger partial charge on any atom is 0.142 e. The molecule has 82 valence electrons. The van der Waals surface area contributed by atoms with Gasteiger partial charge in [0.15, 0.2) is 0 Å². The monoisotopic (exact) mass is 207 g/mol. The van der Waals surface area contributed by atoms with Gasteiger partial charge in [0.05, 0.1) is 5.60 Å². The molecule has 1 saturated carbocycles. The number of nitrogens with zero attached hydrogens (tertiary/aromatic N) is 1. The van der Waals surface area contributed by atoms with Crippen LogP contribution in [0.2, 0.25) is 0 Å². The van der Waals surface area contributed by atoms with Gasteiger partial charge < -0.3 is 5.11 Å². The number of aldehydes is 1. The highest BCUT2D eigenvalue weighted by Gasteiger charge is 2.38. The van der Waals surface area contributed by atoms with E-state index in [1.807, 2.05) is 6.92 Å². The Kier molecular flexibility index (Phi) is 3.97. The maximum absolute atomic E-state index is 10.3. The van der Waals surface area contributed by atoms with E-state index in [-0.39, 0.29) is 5.92 Å². The standard InChI is InChI=1S/C12H17NO2/c1-12(15)7-3-6-11(12)10(9-13-2)5-4-8-14/h4-5,8-9,11,15H,2-3,6-7H2,1H3/b5-4-,10-9-/t11?,12-/m1/s1. The van der Waals surface area contributed by atoms with Crippen molar-refractivity contribution in [2.24, 2.45) is 10.9 Å². The highest BCUT2D eigenvalue weighted by Crippen LogP contribution is 2.40. The predicted molar refractivity (Wildman–Crippen MR) is 60.8 cm³/mol. The molecular weight excluding hydrogens is 190 g/mol. The minimum atomic E-state index is -0.691. The average Bonchev–Trinajstić information content (AvgIpc) is 2.53. The molecule has 1 fully saturated rings. The number of aliphatic hydroxyl groups is 1. The second-order valence-electron chi connectivity index (χ2n) is 4.11. The van der Waals surface area contributed by atoms with Gasteiger partial charge >= 0.3 is 0 Å². The number of hydrogen-bond acceptors (Lipinski definition) is 3. The Hall–Kier alpha value is -1.22. The summed E-state index contributed by atoms with van der Waals surface area (Å²) in [6.07, 6.45) is 8.18. The maximum atomic E-state index is 10.3. The van der Waals surface area contributed by atoms with Crippen LogP contribution in [0.1, 0.15) is 26.2 Å². The predicted octanol–water partition coefficient (Wildman–Crippen LogP) is 1.88. The summed E-state index contributed by atoms with van der Waals surface area (Å²) in [5, 5.41) is 10.1. The lowest BCUT2D eigenvalue weighted by atomic mass is 9.86. The molecule has 1 aliphatic rings. The van der Waals surface area contributed by atoms with Crippen LogP contribution in [0.5, 0.6) is 0 Å². The molecule has 0 amide bonds. The number of rotatable bonds is 4. The minimum absolute atomic E-state index is 0.0548. The van der Waals surface area contributed by atoms with Crippen LogP contribution < -0.4 is 0 Å². The molecule has 0 aromatic heterocycles. The van der Waals surface area contributed by atoms with Gasteiger partial charge in [0.2, 0.25) is 0 Å². The van der Waals surface area contributed by atoms with E-state index >= 15 is 0 Å². The van der Waals surface area contributed by atoms with Gasteiger partial charge in [-0.2, -0.15) is 0 Å². The topological polar surface area (TPSA) is 49.7 Å². The van der Waals surface area contributed by atoms with E-state index in [4.69, 9.17) is 0 Å². The van der Waals surface area contributed by atoms with Crippen molar-refractivity contribution in [1.29, 1.82) is 0 Å². The van der Waals surface area contributed by atoms with E-state index in [9.17, 15) is 9.90 Å². The summed E-state index contributed by atoms with van der Waals surface area (Å²) in [5.74, 6) is 0.0548. The summed E-state index contributed by atoms with van der Waals surface area (Å²) >= 11 is 0. The Morgan fingerprint density at radius 3 is 2.87 bits per heavy atom. The van der Waals surface area contributed by atoms with E-state index in [2.05, 4.69) is 11.7 Å². The molecule has 0 heterocycles. The normalized spacial score (nSPS) is 32.1. The molecule has 15 heavy (non-hydrogen) atoms. The van der Waals surface area contributed by atoms with Crippen LogP contribution in [0.25, 0.3) is 0 Å². The molecule has 0 bridgehead atoms. The first kappa shape index (κ1) is 11.9. The van der Waals surface area contributed by atoms with Crippen molar-refractivity contribution < 1.29 is 9.90 Å². The minimum Gasteiger partial charge on any atom is -0.390 e. The molecule has 0 radical (unpaired) electrons. The lowest BCUT2D eigenvalue weighted by molar-refractivity contribution is -0.104. The first-order valence-corrected chi connectivity index (χ1v) is 5.12. The third-order valence-electron chi connectivity index (χ3n) is 2.94. The molecule has 0 aromatic carbocycles. The van der Waals surface area contributed by atoms with Gasteiger partial charge in [0.25, 0.3) is 0 Å². The first-order valence-electron chi connectivity index (χ1n) is 5.12. The van der Waals surface area contributed by atoms with Crippen molar-refractivity contribution >= 4 is 13.0 Å². The van der Waals surface area contributed by atoms with Crippen LogP contribution in [-0.2, 0) is 4.79 Å². The van der Waals surface area contributed by atoms with Gasteiger partial charge in [-0.3, -0.25) is 9.79 Å². The van der Waals surface area contributed by atoms with Gasteiger partial charge in [-0.15, -0.1) is 0 Å². The average molecular weight is 207 g/mol. The highest BCUT2D eigenvalue weighted by molar-refractivity contribution is 5.66. The number of hydrogen-bond donors (Lipinski definition) is 1. The number of allylic oxidation sites excluding steroid dienone is 2. The lowest BCUT2D eigenvalue weighted by Crippen LogP contribution is -2.29. The Morgan fingerprint density at radius 2 is 2.40 bits per heavy atom. The molecule has 3 heteroatoms. The Bertz CT molecular complexity index is 303. The summed E-state index contributed by atoms with van der Waals surface area (Å²) in [7, 11) is 0. The Labute approximate surface area is 90.2 Å². The molecule has 2 atom stereocenters. The van der Waals surface area contributed by atoms with Gasteiger partial charge in [-0.25, -0.2) is 0 Å². The largest absolute Gasteiger partial charge is 0.390 e. The Balaban J connectivity index is 2.89. The van der Waals surface area contributed by atoms with Gasteiger partial charge in [-0.1, -0.05) is 6.08 Å². The molecule has 0 spiro atoms. The fourth-order valence-electron chi connectivity index (χ4n) is 2.18. The number of carbonyl (C=O) groups excluding carboxylic acids is 1. The quantitative estimate of drug-likeness (QED) is 0.331. The molecular formula is C12H17NO2. The molecule has 1 unspecified atom stereocenters. The van der Waals surface area contributed by atoms with Gasteiger partial charge in [0, 0.05) is 12.1 Å². The summed E-state index contributed by atoms with van der Waals surface area (Å²) in [4.78, 5) is 14.0. The third kappa shape index (κ3) is 2.86. The number of carbonyl (C=O) groups is 1. The summed E-state index contributed by atoms with van der Waals surface area (Å²) in [6, 6.07) is 0. The van der Waals surface area contributed by atoms with Crippen LogP contribution in [0, 0.1) is 5.92 Å². The molecule has 1 rings (SSSR count). The first-order chi connectivity index (χ1) is 7.11. The van der Waals surface area contributed by atoms with Crippen LogP contribution >= 0.6 is 0 Å². The molecule has 0 saturated heterocycles. The van der Waals surface area contributed by atoms with E-state index in [0.717, 1.165) is 31.1 Å². The van der Waals surface area contributed by atoms with Gasteiger partial charge in [0.1, 0.15) is 6.29 Å². The smallest absolute Gasteiger partial charge is 0.142 e. The van der Waals surface area contributed by atoms with E-state index in [0.29, 0.717) is 0 Å². The van der Waals surface area contributed by atoms with Crippen LogP contribution in [0.3, 0.4) is 0 Å². The zero-order valence-electron chi connectivity index (χ0n) is 9.02. The van der Waals surface area contributed by atoms with Crippen LogP contribution in [-0.4, -0.2) is 23.7 Å². The van der Waals surface area contributed by atoms with Crippen LogP contribution in [0.15, 0.2) is 28.9 Å². The lowest BCUT2D eigenvalue weighted by Gasteiger charge is -2.26. The fourth-order valence-corrected chi connectivity index (χ4v) is 2.18. The van der Waals surface area contributed by atoms with Gasteiger partial charge in [-0.05, 0) is 44.6 Å². The SMILES string of the molecule is C=N/C=C(/C=C\C=O)C1CCC[C@@]1(C)O. The second kappa shape index (κ2) is 5.03. The highest BCUT2D eigenvalue weighted by atomic mass is 16.3. The zero-order valence-corrected chi connectivity index (χ0v) is 9.02. The third-order valence-corrected chi connectivity index (χ3v) is 2.94. The summed E-state index contributed by atoms with van der Waals surface area (Å²) in [6.45, 7) is 5.23. The van der Waals surface area contributed by atoms with Crippen LogP contribution in [0.4, 0.5) is 0 Å². The van der Waals surface area contributed by atoms with Crippen molar-refractivity contribution in [2.45, 2.75) is 31.8 Å². The molecule has 0 aliphatic heterocycles. The van der Waals surface area contributed by atoms with E-state index in [1.165, 1.54) is 6.08 Å². The van der Waals surface area contributed by atoms with Crippen molar-refractivity contribution in [2.75, 3.05) is 0 Å². The fraction of sp³-hybridized carbons (Fsp3) is 0.500. The van der Waals surface area contributed by atoms with Crippen molar-refractivity contribution in [3.63, 3.8) is 0 Å². The molecule has 1 aliphatic carbocycles. The summed E-state index contributed by atoms with van der Waals surface area (Å²) < 4.78 is 0. The summed E-state index contributed by atoms with van der Waals surface area (Å²) in [5.41, 5.74) is 0.184. The molecule has 0 aromatic rings. The van der Waals surface area contributed by atoms with E-state index < -0.39 is 5.60 Å². The Morgan fingerprint density at radius 1 is 1.67 bits per heavy atom. The van der Waals surface area contributed by atoms with Crippen molar-refractivity contribution in [3.8, 4) is 0 Å². The number of aliphatic imine (C=N–C) groups is 1. The van der Waals surface area contributed by atoms with E-state index in [1.54, 1.807) is 12.3 Å². The van der Waals surface area contributed by atoms with Crippen molar-refractivity contribution in [3.05, 3.63) is 23.9 Å². The molecule has 1 N–H and O–H groups in total. The second-order valence-corrected chi connectivity index (χ2v) is 4.11. The van der Waals surface area contributed by atoms with Crippen molar-refractivity contribution in [1.82, 2.24) is 0 Å². The zero-order chi connectivity index (χ0) is 11.3.